The molecule has 0 aliphatic heterocycles. The number of carboxylic acid groups (broad SMARTS) is 1. The summed E-state index contributed by atoms with van der Waals surface area (Å²) >= 11 is 0. The second-order valence-corrected chi connectivity index (χ2v) is 5.58. The molecule has 2 aromatic rings. The van der Waals surface area contributed by atoms with Crippen molar-refractivity contribution in [1.82, 2.24) is 0 Å². The third-order valence-corrected chi connectivity index (χ3v) is 3.52. The van der Waals surface area contributed by atoms with Gasteiger partial charge in [0.05, 0.1) is 7.11 Å². The Balaban J connectivity index is 2.20. The fraction of sp³-hybridized carbons (Fsp3) is 0.150. The van der Waals surface area contributed by atoms with Gasteiger partial charge in [-0.2, -0.15) is 5.26 Å². The molecule has 0 bridgehead atoms. The maximum Gasteiger partial charge on any atom is 0.341 e. The number of nitrogens with one attached hydrogen (secondary N) is 1. The van der Waals surface area contributed by atoms with Gasteiger partial charge in [0, 0.05) is 5.69 Å². The van der Waals surface area contributed by atoms with Crippen molar-refractivity contribution in [3.8, 4) is 17.6 Å². The smallest absolute Gasteiger partial charge is 0.341 e. The number of hydrogen-bond acceptors (Lipinski definition) is 5. The van der Waals surface area contributed by atoms with E-state index in [-0.39, 0.29) is 11.3 Å². The molecule has 7 heteroatoms. The third-order valence-electron chi connectivity index (χ3n) is 3.52. The van der Waals surface area contributed by atoms with Crippen LogP contribution in [-0.4, -0.2) is 30.7 Å². The van der Waals surface area contributed by atoms with E-state index in [0.717, 1.165) is 5.56 Å². The number of carbonyl (C=O) groups is 2. The van der Waals surface area contributed by atoms with E-state index < -0.39 is 18.5 Å². The van der Waals surface area contributed by atoms with Crippen LogP contribution in [0.2, 0.25) is 0 Å². The predicted octanol–water partition coefficient (Wildman–Crippen LogP) is 3.01. The minimum absolute atomic E-state index is 0.0863. The average Bonchev–Trinajstić information content (AvgIpc) is 2.66. The Hall–Kier alpha value is -3.79. The van der Waals surface area contributed by atoms with E-state index in [2.05, 4.69) is 5.32 Å². The largest absolute Gasteiger partial charge is 0.493 e. The van der Waals surface area contributed by atoms with E-state index in [9.17, 15) is 14.9 Å². The molecule has 0 fully saturated rings. The minimum atomic E-state index is -1.11. The first kappa shape index (κ1) is 19.5. The van der Waals surface area contributed by atoms with Gasteiger partial charge in [-0.25, -0.2) is 4.79 Å². The van der Waals surface area contributed by atoms with Gasteiger partial charge in [-0.3, -0.25) is 4.79 Å². The van der Waals surface area contributed by atoms with E-state index in [1.165, 1.54) is 19.3 Å². The van der Waals surface area contributed by atoms with Crippen molar-refractivity contribution in [1.29, 1.82) is 5.26 Å². The molecule has 2 rings (SSSR count). The second-order valence-electron chi connectivity index (χ2n) is 5.58. The first-order chi connectivity index (χ1) is 12.9. The fourth-order valence-electron chi connectivity index (χ4n) is 2.18. The highest BCUT2D eigenvalue weighted by atomic mass is 16.5. The zero-order chi connectivity index (χ0) is 19.8. The molecule has 27 heavy (non-hydrogen) atoms. The summed E-state index contributed by atoms with van der Waals surface area (Å²) in [6, 6.07) is 13.7. The van der Waals surface area contributed by atoms with Crippen LogP contribution in [0.5, 0.6) is 11.5 Å². The van der Waals surface area contributed by atoms with Gasteiger partial charge in [-0.15, -0.1) is 0 Å². The third kappa shape index (κ3) is 5.61. The molecule has 0 atom stereocenters. The zero-order valence-electron chi connectivity index (χ0n) is 14.9. The van der Waals surface area contributed by atoms with Crippen LogP contribution >= 0.6 is 0 Å². The van der Waals surface area contributed by atoms with E-state index in [1.54, 1.807) is 24.3 Å². The number of anilines is 1. The Kier molecular flexibility index (Phi) is 6.55. The average molecular weight is 366 g/mol. The number of amides is 1. The highest BCUT2D eigenvalue weighted by molar-refractivity contribution is 6.09. The molecular weight excluding hydrogens is 348 g/mol. The lowest BCUT2D eigenvalue weighted by atomic mass is 10.1. The van der Waals surface area contributed by atoms with Crippen LogP contribution in [0.15, 0.2) is 48.0 Å². The molecule has 2 aromatic carbocycles. The quantitative estimate of drug-likeness (QED) is 0.576. The normalized spacial score (nSPS) is 10.6. The molecule has 0 aromatic heterocycles. The number of methoxy groups -OCH3 is 1. The lowest BCUT2D eigenvalue weighted by Gasteiger charge is -2.10. The van der Waals surface area contributed by atoms with Crippen LogP contribution in [0.3, 0.4) is 0 Å². The summed E-state index contributed by atoms with van der Waals surface area (Å²) in [5.74, 6) is -1.10. The van der Waals surface area contributed by atoms with Crippen LogP contribution in [0, 0.1) is 18.3 Å². The van der Waals surface area contributed by atoms with Gasteiger partial charge in [-0.1, -0.05) is 23.8 Å². The van der Waals surface area contributed by atoms with Crippen molar-refractivity contribution in [2.75, 3.05) is 19.0 Å². The molecule has 0 radical (unpaired) electrons. The number of hydrogen-bond donors (Lipinski definition) is 2. The Bertz CT molecular complexity index is 911. The Labute approximate surface area is 156 Å². The first-order valence-corrected chi connectivity index (χ1v) is 7.95. The number of aliphatic carboxylic acids is 1. The van der Waals surface area contributed by atoms with Gasteiger partial charge < -0.3 is 19.9 Å². The molecule has 7 nitrogen and oxygen atoms in total. The number of ether oxygens (including phenoxy) is 2. The number of rotatable bonds is 7. The van der Waals surface area contributed by atoms with Crippen molar-refractivity contribution in [2.45, 2.75) is 6.92 Å². The molecule has 0 aliphatic carbocycles. The molecular formula is C20H18N2O5. The van der Waals surface area contributed by atoms with E-state index in [1.807, 2.05) is 25.1 Å². The van der Waals surface area contributed by atoms with Gasteiger partial charge in [0.15, 0.2) is 18.1 Å². The summed E-state index contributed by atoms with van der Waals surface area (Å²) in [5.41, 5.74) is 2.09. The van der Waals surface area contributed by atoms with Crippen LogP contribution in [0.4, 0.5) is 5.69 Å². The van der Waals surface area contributed by atoms with Crippen LogP contribution in [-0.2, 0) is 9.59 Å². The molecule has 1 amide bonds. The Morgan fingerprint density at radius 3 is 2.48 bits per heavy atom. The molecule has 138 valence electrons. The van der Waals surface area contributed by atoms with E-state index >= 15 is 0 Å². The molecule has 0 heterocycles. The maximum absolute atomic E-state index is 12.3. The molecule has 0 saturated carbocycles. The summed E-state index contributed by atoms with van der Waals surface area (Å²) in [6.07, 6.45) is 1.41. The number of benzene rings is 2. The highest BCUT2D eigenvalue weighted by Gasteiger charge is 2.12. The SMILES string of the molecule is COc1cc(/C=C(\C#N)C(=O)Nc2ccc(C)cc2)ccc1OCC(=O)O. The zero-order valence-corrected chi connectivity index (χ0v) is 14.9. The Morgan fingerprint density at radius 1 is 1.19 bits per heavy atom. The van der Waals surface area contributed by atoms with E-state index in [0.29, 0.717) is 17.0 Å². The number of nitrogens with zero attached hydrogens (tertiary/aromatic N) is 1. The van der Waals surface area contributed by atoms with E-state index in [4.69, 9.17) is 14.6 Å². The summed E-state index contributed by atoms with van der Waals surface area (Å²) in [7, 11) is 1.41. The van der Waals surface area contributed by atoms with Crippen molar-refractivity contribution in [3.63, 3.8) is 0 Å². The van der Waals surface area contributed by atoms with Gasteiger partial charge in [0.1, 0.15) is 11.6 Å². The van der Waals surface area contributed by atoms with Crippen LogP contribution < -0.4 is 14.8 Å². The maximum atomic E-state index is 12.3. The lowest BCUT2D eigenvalue weighted by molar-refractivity contribution is -0.139. The summed E-state index contributed by atoms with van der Waals surface area (Å²) < 4.78 is 10.3. The summed E-state index contributed by atoms with van der Waals surface area (Å²) in [6.45, 7) is 1.43. The predicted molar refractivity (Wildman–Crippen MR) is 99.5 cm³/mol. The topological polar surface area (TPSA) is 109 Å². The molecule has 0 saturated heterocycles. The van der Waals surface area contributed by atoms with Crippen LogP contribution in [0.1, 0.15) is 11.1 Å². The monoisotopic (exact) mass is 366 g/mol. The number of aryl methyl sites for hydroxylation is 1. The van der Waals surface area contributed by atoms with Crippen molar-refractivity contribution in [3.05, 3.63) is 59.2 Å². The first-order valence-electron chi connectivity index (χ1n) is 7.95. The second kappa shape index (κ2) is 9.06. The van der Waals surface area contributed by atoms with Crippen molar-refractivity contribution >= 4 is 23.6 Å². The number of carboxylic acids is 1. The van der Waals surface area contributed by atoms with Crippen molar-refractivity contribution < 1.29 is 24.2 Å². The molecule has 0 unspecified atom stereocenters. The summed E-state index contributed by atoms with van der Waals surface area (Å²) in [5, 5.41) is 20.7. The number of carbonyl (C=O) groups excluding carboxylic acids is 1. The standard InChI is InChI=1S/C20H18N2O5/c1-13-3-6-16(7-4-13)22-20(25)15(11-21)9-14-5-8-17(18(10-14)26-2)27-12-19(23)24/h3-10H,12H2,1-2H3,(H,22,25)(H,23,24)/b15-9+. The molecule has 2 N–H and O–H groups in total. The number of nitriles is 1. The van der Waals surface area contributed by atoms with Gasteiger partial charge >= 0.3 is 5.97 Å². The molecule has 0 aliphatic rings. The summed E-state index contributed by atoms with van der Waals surface area (Å²) in [4.78, 5) is 22.9. The van der Waals surface area contributed by atoms with Gasteiger partial charge in [0.25, 0.3) is 5.91 Å². The van der Waals surface area contributed by atoms with Gasteiger partial charge in [-0.05, 0) is 42.8 Å². The fourth-order valence-corrected chi connectivity index (χ4v) is 2.18. The minimum Gasteiger partial charge on any atom is -0.493 e. The highest BCUT2D eigenvalue weighted by Crippen LogP contribution is 2.29. The van der Waals surface area contributed by atoms with Gasteiger partial charge in [0.2, 0.25) is 0 Å². The van der Waals surface area contributed by atoms with Crippen LogP contribution in [0.25, 0.3) is 6.08 Å². The molecule has 0 spiro atoms. The van der Waals surface area contributed by atoms with Crippen molar-refractivity contribution in [2.24, 2.45) is 0 Å². The lowest BCUT2D eigenvalue weighted by Crippen LogP contribution is -2.13. The Morgan fingerprint density at radius 2 is 1.89 bits per heavy atom.